The number of hydrogen-bond acceptors (Lipinski definition) is 5. The number of sulfonamides is 1. The van der Waals surface area contributed by atoms with Crippen molar-refractivity contribution in [2.24, 2.45) is 0 Å². The predicted molar refractivity (Wildman–Crippen MR) is 74.8 cm³/mol. The Morgan fingerprint density at radius 3 is 2.50 bits per heavy atom. The molecule has 0 unspecified atom stereocenters. The summed E-state index contributed by atoms with van der Waals surface area (Å²) in [6.45, 7) is 4.08. The van der Waals surface area contributed by atoms with E-state index in [1.54, 1.807) is 13.8 Å². The van der Waals surface area contributed by atoms with Crippen molar-refractivity contribution in [3.63, 3.8) is 0 Å². The van der Waals surface area contributed by atoms with Crippen LogP contribution in [0.3, 0.4) is 0 Å². The average Bonchev–Trinajstić information content (AvgIpc) is 2.67. The Morgan fingerprint density at radius 1 is 1.35 bits per heavy atom. The van der Waals surface area contributed by atoms with Crippen LogP contribution in [0.2, 0.25) is 0 Å². The number of aromatic nitrogens is 2. The number of nitrogens with zero attached hydrogens (tertiary/aromatic N) is 2. The summed E-state index contributed by atoms with van der Waals surface area (Å²) in [6.07, 6.45) is 0. The maximum atomic E-state index is 12.1. The number of aromatic amines is 1. The minimum atomic E-state index is -3.73. The number of H-pyrrole nitrogens is 1. The van der Waals surface area contributed by atoms with Crippen LogP contribution >= 0.6 is 0 Å². The van der Waals surface area contributed by atoms with Gasteiger partial charge in [-0.1, -0.05) is 0 Å². The highest BCUT2D eigenvalue weighted by Crippen LogP contribution is 2.15. The second-order valence-electron chi connectivity index (χ2n) is 4.74. The summed E-state index contributed by atoms with van der Waals surface area (Å²) < 4.78 is 26.4. The van der Waals surface area contributed by atoms with Gasteiger partial charge in [0.05, 0.1) is 17.9 Å². The molecule has 20 heavy (non-hydrogen) atoms. The first kappa shape index (κ1) is 16.6. The standard InChI is InChI=1S/C11H21N5O3S/c1-8-11(9(2)15-14-8)20(18,19)13-7-10(17)12-5-6-16(3)4/h13H,5-7H2,1-4H3,(H,12,17)(H,14,15). The highest BCUT2D eigenvalue weighted by Gasteiger charge is 2.22. The molecule has 0 aliphatic rings. The molecule has 114 valence electrons. The van der Waals surface area contributed by atoms with Gasteiger partial charge < -0.3 is 10.2 Å². The van der Waals surface area contributed by atoms with E-state index in [1.165, 1.54) is 0 Å². The lowest BCUT2D eigenvalue weighted by Gasteiger charge is -2.11. The van der Waals surface area contributed by atoms with Crippen molar-refractivity contribution >= 4 is 15.9 Å². The summed E-state index contributed by atoms with van der Waals surface area (Å²) in [5, 5.41) is 9.06. The zero-order valence-corrected chi connectivity index (χ0v) is 13.0. The summed E-state index contributed by atoms with van der Waals surface area (Å²) in [5.74, 6) is -0.366. The number of likely N-dealkylation sites (N-methyl/N-ethyl adjacent to an activating group) is 1. The van der Waals surface area contributed by atoms with E-state index in [2.05, 4.69) is 20.2 Å². The second-order valence-corrected chi connectivity index (χ2v) is 6.44. The van der Waals surface area contributed by atoms with Crippen LogP contribution in [0.5, 0.6) is 0 Å². The Morgan fingerprint density at radius 2 is 2.00 bits per heavy atom. The first-order valence-corrected chi connectivity index (χ1v) is 7.65. The maximum absolute atomic E-state index is 12.1. The molecule has 0 bridgehead atoms. The summed E-state index contributed by atoms with van der Waals surface area (Å²) in [5.41, 5.74) is 0.825. The molecule has 1 amide bonds. The van der Waals surface area contributed by atoms with Gasteiger partial charge in [-0.05, 0) is 27.9 Å². The Balaban J connectivity index is 2.54. The zero-order chi connectivity index (χ0) is 15.3. The number of amides is 1. The average molecular weight is 303 g/mol. The number of carbonyl (C=O) groups is 1. The minimum Gasteiger partial charge on any atom is -0.354 e. The molecule has 1 aromatic rings. The molecule has 1 rings (SSSR count). The topological polar surface area (TPSA) is 107 Å². The molecule has 0 fully saturated rings. The molecule has 3 N–H and O–H groups in total. The van der Waals surface area contributed by atoms with Gasteiger partial charge in [0.1, 0.15) is 4.90 Å². The fourth-order valence-corrected chi connectivity index (χ4v) is 3.00. The van der Waals surface area contributed by atoms with Crippen molar-refractivity contribution in [3.05, 3.63) is 11.4 Å². The number of nitrogens with one attached hydrogen (secondary N) is 3. The zero-order valence-electron chi connectivity index (χ0n) is 12.1. The lowest BCUT2D eigenvalue weighted by Crippen LogP contribution is -2.39. The van der Waals surface area contributed by atoms with Gasteiger partial charge in [0.25, 0.3) is 0 Å². The fraction of sp³-hybridized carbons (Fsp3) is 0.636. The molecule has 1 heterocycles. The minimum absolute atomic E-state index is 0.0959. The highest BCUT2D eigenvalue weighted by molar-refractivity contribution is 7.89. The van der Waals surface area contributed by atoms with Crippen molar-refractivity contribution in [1.82, 2.24) is 25.1 Å². The Hall–Kier alpha value is -1.45. The lowest BCUT2D eigenvalue weighted by molar-refractivity contribution is -0.119. The summed E-state index contributed by atoms with van der Waals surface area (Å²) in [6, 6.07) is 0. The van der Waals surface area contributed by atoms with E-state index in [0.717, 1.165) is 0 Å². The molecular weight excluding hydrogens is 282 g/mol. The number of rotatable bonds is 7. The molecular formula is C11H21N5O3S. The highest BCUT2D eigenvalue weighted by atomic mass is 32.2. The lowest BCUT2D eigenvalue weighted by atomic mass is 10.4. The van der Waals surface area contributed by atoms with Crippen LogP contribution in [0.1, 0.15) is 11.4 Å². The monoisotopic (exact) mass is 303 g/mol. The molecule has 1 aromatic heterocycles. The molecule has 9 heteroatoms. The summed E-state index contributed by atoms with van der Waals surface area (Å²) in [4.78, 5) is 13.5. The van der Waals surface area contributed by atoms with Crippen molar-refractivity contribution in [1.29, 1.82) is 0 Å². The van der Waals surface area contributed by atoms with Crippen molar-refractivity contribution in [2.75, 3.05) is 33.7 Å². The molecule has 0 aromatic carbocycles. The first-order chi connectivity index (χ1) is 9.24. The molecule has 0 aliphatic heterocycles. The van der Waals surface area contributed by atoms with E-state index < -0.39 is 10.0 Å². The van der Waals surface area contributed by atoms with E-state index in [0.29, 0.717) is 24.5 Å². The van der Waals surface area contributed by atoms with Crippen LogP contribution < -0.4 is 10.0 Å². The van der Waals surface area contributed by atoms with Gasteiger partial charge in [-0.2, -0.15) is 5.10 Å². The second kappa shape index (κ2) is 6.82. The molecule has 0 saturated carbocycles. The third kappa shape index (κ3) is 4.58. The van der Waals surface area contributed by atoms with Crippen molar-refractivity contribution in [3.8, 4) is 0 Å². The smallest absolute Gasteiger partial charge is 0.244 e. The Kier molecular flexibility index (Phi) is 5.66. The van der Waals surface area contributed by atoms with E-state index >= 15 is 0 Å². The van der Waals surface area contributed by atoms with Crippen LogP contribution in [0.25, 0.3) is 0 Å². The van der Waals surface area contributed by atoms with Crippen LogP contribution in [0, 0.1) is 13.8 Å². The van der Waals surface area contributed by atoms with Gasteiger partial charge in [-0.3, -0.25) is 9.89 Å². The third-order valence-electron chi connectivity index (χ3n) is 2.63. The molecule has 0 spiro atoms. The first-order valence-electron chi connectivity index (χ1n) is 6.16. The molecule has 0 aliphatic carbocycles. The quantitative estimate of drug-likeness (QED) is 0.598. The van der Waals surface area contributed by atoms with Crippen LogP contribution in [-0.4, -0.2) is 63.2 Å². The van der Waals surface area contributed by atoms with Gasteiger partial charge in [-0.25, -0.2) is 13.1 Å². The predicted octanol–water partition coefficient (Wildman–Crippen LogP) is -1.02. The molecule has 0 atom stereocenters. The van der Waals surface area contributed by atoms with Crippen LogP contribution in [-0.2, 0) is 14.8 Å². The van der Waals surface area contributed by atoms with Gasteiger partial charge in [0, 0.05) is 13.1 Å². The molecule has 0 saturated heterocycles. The number of hydrogen-bond donors (Lipinski definition) is 3. The van der Waals surface area contributed by atoms with E-state index in [-0.39, 0.29) is 17.3 Å². The SMILES string of the molecule is Cc1n[nH]c(C)c1S(=O)(=O)NCC(=O)NCCN(C)C. The van der Waals surface area contributed by atoms with E-state index in [4.69, 9.17) is 0 Å². The number of carbonyl (C=O) groups excluding carboxylic acids is 1. The fourth-order valence-electron chi connectivity index (χ4n) is 1.65. The molecule has 0 radical (unpaired) electrons. The van der Waals surface area contributed by atoms with Gasteiger partial charge in [0.15, 0.2) is 0 Å². The van der Waals surface area contributed by atoms with E-state index in [9.17, 15) is 13.2 Å². The summed E-state index contributed by atoms with van der Waals surface area (Å²) in [7, 11) is 0.0467. The normalized spacial score (nSPS) is 11.8. The molecule has 8 nitrogen and oxygen atoms in total. The summed E-state index contributed by atoms with van der Waals surface area (Å²) >= 11 is 0. The van der Waals surface area contributed by atoms with Gasteiger partial charge in [-0.15, -0.1) is 0 Å². The van der Waals surface area contributed by atoms with E-state index in [1.807, 2.05) is 19.0 Å². The van der Waals surface area contributed by atoms with Crippen LogP contribution in [0.15, 0.2) is 4.90 Å². The van der Waals surface area contributed by atoms with Crippen molar-refractivity contribution < 1.29 is 13.2 Å². The van der Waals surface area contributed by atoms with Crippen LogP contribution in [0.4, 0.5) is 0 Å². The van der Waals surface area contributed by atoms with Crippen molar-refractivity contribution in [2.45, 2.75) is 18.7 Å². The number of aryl methyl sites for hydroxylation is 2. The Bertz CT molecular complexity index is 545. The van der Waals surface area contributed by atoms with Gasteiger partial charge in [0.2, 0.25) is 15.9 Å². The third-order valence-corrected chi connectivity index (χ3v) is 4.30. The van der Waals surface area contributed by atoms with Gasteiger partial charge >= 0.3 is 0 Å². The Labute approximate surface area is 119 Å². The maximum Gasteiger partial charge on any atom is 0.244 e. The largest absolute Gasteiger partial charge is 0.354 e.